The van der Waals surface area contributed by atoms with Crippen molar-refractivity contribution < 1.29 is 4.79 Å². The minimum absolute atomic E-state index is 0.0819. The van der Waals surface area contributed by atoms with Crippen LogP contribution >= 0.6 is 11.6 Å². The van der Waals surface area contributed by atoms with Gasteiger partial charge >= 0.3 is 0 Å². The average Bonchev–Trinajstić information content (AvgIpc) is 2.19. The van der Waals surface area contributed by atoms with Crippen LogP contribution < -0.4 is 11.1 Å². The molecule has 0 spiro atoms. The Morgan fingerprint density at radius 1 is 1.40 bits per heavy atom. The van der Waals surface area contributed by atoms with E-state index in [0.717, 1.165) is 5.56 Å². The molecular weight excluding hydrogens is 212 g/mol. The number of carbonyl (C=O) groups excluding carboxylic acids is 1. The molecule has 0 saturated heterocycles. The van der Waals surface area contributed by atoms with Crippen molar-refractivity contribution in [2.75, 3.05) is 12.3 Å². The number of anilines is 1. The molecule has 3 nitrogen and oxygen atoms in total. The summed E-state index contributed by atoms with van der Waals surface area (Å²) in [5.74, 6) is -0.0819. The van der Waals surface area contributed by atoms with E-state index in [4.69, 9.17) is 17.3 Å². The summed E-state index contributed by atoms with van der Waals surface area (Å²) in [5, 5.41) is 3.06. The second-order valence-electron chi connectivity index (χ2n) is 3.21. The fourth-order valence-corrected chi connectivity index (χ4v) is 1.14. The Kier molecular flexibility index (Phi) is 4.18. The number of hydrogen-bond donors (Lipinski definition) is 2. The molecule has 0 aliphatic heterocycles. The largest absolute Gasteiger partial charge is 0.399 e. The predicted octanol–water partition coefficient (Wildman–Crippen LogP) is 1.68. The van der Waals surface area contributed by atoms with Crippen molar-refractivity contribution in [3.8, 4) is 0 Å². The van der Waals surface area contributed by atoms with Gasteiger partial charge in [-0.05, 0) is 17.7 Å². The molecule has 1 aromatic rings. The smallest absolute Gasteiger partial charge is 0.224 e. The molecule has 0 aromatic heterocycles. The molecule has 0 atom stereocenters. The van der Waals surface area contributed by atoms with E-state index < -0.39 is 0 Å². The SMILES string of the molecule is C=C(Cl)CNC(=O)Cc1ccc(N)cc1. The maximum absolute atomic E-state index is 11.4. The van der Waals surface area contributed by atoms with Crippen LogP contribution in [0.3, 0.4) is 0 Å². The lowest BCUT2D eigenvalue weighted by atomic mass is 10.1. The van der Waals surface area contributed by atoms with Crippen LogP contribution in [0.15, 0.2) is 35.9 Å². The van der Waals surface area contributed by atoms with Crippen LogP contribution in [0.1, 0.15) is 5.56 Å². The fraction of sp³-hybridized carbons (Fsp3) is 0.182. The molecule has 15 heavy (non-hydrogen) atoms. The van der Waals surface area contributed by atoms with E-state index in [1.807, 2.05) is 12.1 Å². The van der Waals surface area contributed by atoms with Gasteiger partial charge in [-0.2, -0.15) is 0 Å². The monoisotopic (exact) mass is 224 g/mol. The van der Waals surface area contributed by atoms with E-state index in [9.17, 15) is 4.79 Å². The molecule has 1 aromatic carbocycles. The Bertz CT molecular complexity index is 359. The van der Waals surface area contributed by atoms with Crippen LogP contribution in [0.5, 0.6) is 0 Å². The molecule has 3 N–H and O–H groups in total. The molecule has 0 saturated carbocycles. The van der Waals surface area contributed by atoms with Crippen LogP contribution in [-0.2, 0) is 11.2 Å². The van der Waals surface area contributed by atoms with Gasteiger partial charge in [0.05, 0.1) is 13.0 Å². The molecule has 0 aliphatic rings. The zero-order chi connectivity index (χ0) is 11.3. The Hall–Kier alpha value is -1.48. The Balaban J connectivity index is 2.44. The maximum Gasteiger partial charge on any atom is 0.224 e. The van der Waals surface area contributed by atoms with E-state index in [2.05, 4.69) is 11.9 Å². The number of nitrogens with one attached hydrogen (secondary N) is 1. The van der Waals surface area contributed by atoms with Crippen LogP contribution in [0.25, 0.3) is 0 Å². The lowest BCUT2D eigenvalue weighted by Gasteiger charge is -2.04. The second kappa shape index (κ2) is 5.41. The minimum Gasteiger partial charge on any atom is -0.399 e. The number of nitrogen functional groups attached to an aromatic ring is 1. The van der Waals surface area contributed by atoms with Crippen LogP contribution in [-0.4, -0.2) is 12.5 Å². The molecule has 80 valence electrons. The number of hydrogen-bond acceptors (Lipinski definition) is 2. The highest BCUT2D eigenvalue weighted by Crippen LogP contribution is 2.06. The molecule has 0 bridgehead atoms. The van der Waals surface area contributed by atoms with Gasteiger partial charge in [-0.3, -0.25) is 4.79 Å². The van der Waals surface area contributed by atoms with E-state index in [-0.39, 0.29) is 5.91 Å². The number of rotatable bonds is 4. The van der Waals surface area contributed by atoms with E-state index in [1.165, 1.54) is 0 Å². The Labute approximate surface area is 93.9 Å². The summed E-state index contributed by atoms with van der Waals surface area (Å²) < 4.78 is 0. The summed E-state index contributed by atoms with van der Waals surface area (Å²) in [5.41, 5.74) is 7.13. The Morgan fingerprint density at radius 3 is 2.53 bits per heavy atom. The minimum atomic E-state index is -0.0819. The number of benzene rings is 1. The molecule has 0 aliphatic carbocycles. The van der Waals surface area contributed by atoms with Gasteiger partial charge in [-0.15, -0.1) is 0 Å². The quantitative estimate of drug-likeness (QED) is 0.765. The highest BCUT2D eigenvalue weighted by Gasteiger charge is 2.02. The van der Waals surface area contributed by atoms with Crippen molar-refractivity contribution in [1.29, 1.82) is 0 Å². The van der Waals surface area contributed by atoms with E-state index >= 15 is 0 Å². The highest BCUT2D eigenvalue weighted by molar-refractivity contribution is 6.29. The molecule has 0 unspecified atom stereocenters. The third kappa shape index (κ3) is 4.51. The normalized spacial score (nSPS) is 9.67. The molecular formula is C11H13ClN2O. The molecule has 1 amide bonds. The van der Waals surface area contributed by atoms with Crippen LogP contribution in [0.2, 0.25) is 0 Å². The number of carbonyl (C=O) groups is 1. The number of nitrogens with two attached hydrogens (primary N) is 1. The van der Waals surface area contributed by atoms with Gasteiger partial charge in [0.2, 0.25) is 5.91 Å². The van der Waals surface area contributed by atoms with E-state index in [1.54, 1.807) is 12.1 Å². The predicted molar refractivity (Wildman–Crippen MR) is 62.6 cm³/mol. The summed E-state index contributed by atoms with van der Waals surface area (Å²) in [6.07, 6.45) is 0.324. The molecule has 1 rings (SSSR count). The van der Waals surface area contributed by atoms with Gasteiger partial charge in [0.1, 0.15) is 0 Å². The fourth-order valence-electron chi connectivity index (χ4n) is 1.08. The molecule has 4 heteroatoms. The van der Waals surface area contributed by atoms with Crippen molar-refractivity contribution in [1.82, 2.24) is 5.32 Å². The van der Waals surface area contributed by atoms with Gasteiger partial charge in [-0.25, -0.2) is 0 Å². The summed E-state index contributed by atoms with van der Waals surface area (Å²) in [7, 11) is 0. The Morgan fingerprint density at radius 2 is 2.00 bits per heavy atom. The summed E-state index contributed by atoms with van der Waals surface area (Å²) in [6, 6.07) is 7.18. The molecule has 0 fully saturated rings. The van der Waals surface area contributed by atoms with Crippen molar-refractivity contribution in [2.24, 2.45) is 0 Å². The standard InChI is InChI=1S/C11H13ClN2O/c1-8(12)7-14-11(15)6-9-2-4-10(13)5-3-9/h2-5H,1,6-7,13H2,(H,14,15). The van der Waals surface area contributed by atoms with Gasteiger partial charge in [0, 0.05) is 10.7 Å². The van der Waals surface area contributed by atoms with Crippen molar-refractivity contribution in [2.45, 2.75) is 6.42 Å². The number of halogens is 1. The van der Waals surface area contributed by atoms with Gasteiger partial charge in [0.15, 0.2) is 0 Å². The van der Waals surface area contributed by atoms with Crippen LogP contribution in [0, 0.1) is 0 Å². The first-order valence-corrected chi connectivity index (χ1v) is 4.90. The third-order valence-corrected chi connectivity index (χ3v) is 1.96. The lowest BCUT2D eigenvalue weighted by Crippen LogP contribution is -2.26. The highest BCUT2D eigenvalue weighted by atomic mass is 35.5. The van der Waals surface area contributed by atoms with Crippen molar-refractivity contribution in [3.05, 3.63) is 41.4 Å². The molecule has 0 radical (unpaired) electrons. The zero-order valence-electron chi connectivity index (χ0n) is 8.29. The number of amides is 1. The first-order valence-electron chi connectivity index (χ1n) is 4.52. The summed E-state index contributed by atoms with van der Waals surface area (Å²) >= 11 is 5.52. The van der Waals surface area contributed by atoms with Crippen molar-refractivity contribution >= 4 is 23.2 Å². The zero-order valence-corrected chi connectivity index (χ0v) is 9.05. The first kappa shape index (κ1) is 11.6. The van der Waals surface area contributed by atoms with Gasteiger partial charge in [-0.1, -0.05) is 30.3 Å². The second-order valence-corrected chi connectivity index (χ2v) is 3.75. The first-order chi connectivity index (χ1) is 7.08. The average molecular weight is 225 g/mol. The molecule has 0 heterocycles. The van der Waals surface area contributed by atoms with E-state index in [0.29, 0.717) is 23.7 Å². The maximum atomic E-state index is 11.4. The lowest BCUT2D eigenvalue weighted by molar-refractivity contribution is -0.120. The third-order valence-electron chi connectivity index (χ3n) is 1.82. The topological polar surface area (TPSA) is 55.1 Å². The van der Waals surface area contributed by atoms with Crippen molar-refractivity contribution in [3.63, 3.8) is 0 Å². The summed E-state index contributed by atoms with van der Waals surface area (Å²) in [4.78, 5) is 11.4. The van der Waals surface area contributed by atoms with Crippen LogP contribution in [0.4, 0.5) is 5.69 Å². The van der Waals surface area contributed by atoms with Gasteiger partial charge < -0.3 is 11.1 Å². The summed E-state index contributed by atoms with van der Waals surface area (Å²) in [6.45, 7) is 3.78. The van der Waals surface area contributed by atoms with Gasteiger partial charge in [0.25, 0.3) is 0 Å².